The molecule has 1 aromatic carbocycles. The van der Waals surface area contributed by atoms with E-state index in [1.165, 1.54) is 19.3 Å². The highest BCUT2D eigenvalue weighted by Crippen LogP contribution is 2.32. The second-order valence-electron chi connectivity index (χ2n) is 5.22. The van der Waals surface area contributed by atoms with Crippen molar-refractivity contribution in [3.63, 3.8) is 0 Å². The number of carbonyl (C=O) groups is 1. The van der Waals surface area contributed by atoms with Crippen LogP contribution in [0, 0.1) is 0 Å². The lowest BCUT2D eigenvalue weighted by atomic mass is 10.2. The normalized spacial score (nSPS) is 12.1. The maximum Gasteiger partial charge on any atom is 0.347 e. The maximum absolute atomic E-state index is 12.9. The SMILES string of the molecule is CCOC(=O)[C@@H](C)Oc1c(-c2ccco2)oc2ccc(Cl)cc2c1=O. The Morgan fingerprint density at radius 3 is 2.80 bits per heavy atom. The smallest absolute Gasteiger partial charge is 0.347 e. The summed E-state index contributed by atoms with van der Waals surface area (Å²) in [7, 11) is 0. The van der Waals surface area contributed by atoms with E-state index < -0.39 is 17.5 Å². The lowest BCUT2D eigenvalue weighted by Gasteiger charge is -2.15. The molecule has 1 atom stereocenters. The first kappa shape index (κ1) is 17.1. The Morgan fingerprint density at radius 1 is 1.32 bits per heavy atom. The summed E-state index contributed by atoms with van der Waals surface area (Å²) >= 11 is 5.97. The van der Waals surface area contributed by atoms with Crippen LogP contribution in [-0.4, -0.2) is 18.7 Å². The Bertz CT molecular complexity index is 958. The van der Waals surface area contributed by atoms with Gasteiger partial charge in [-0.2, -0.15) is 0 Å². The minimum atomic E-state index is -0.992. The zero-order chi connectivity index (χ0) is 18.0. The second-order valence-corrected chi connectivity index (χ2v) is 5.66. The average Bonchev–Trinajstić information content (AvgIpc) is 3.12. The summed E-state index contributed by atoms with van der Waals surface area (Å²) in [6.07, 6.45) is 0.452. The Kier molecular flexibility index (Phi) is 4.81. The maximum atomic E-state index is 12.9. The van der Waals surface area contributed by atoms with Gasteiger partial charge in [-0.05, 0) is 44.2 Å². The Balaban J connectivity index is 2.17. The molecule has 2 heterocycles. The predicted octanol–water partition coefficient (Wildman–Crippen LogP) is 4.04. The number of rotatable bonds is 5. The molecule has 25 heavy (non-hydrogen) atoms. The summed E-state index contributed by atoms with van der Waals surface area (Å²) < 4.78 is 21.6. The molecule has 3 aromatic rings. The molecule has 0 unspecified atom stereocenters. The van der Waals surface area contributed by atoms with Gasteiger partial charge in [0.25, 0.3) is 0 Å². The molecule has 0 aliphatic rings. The molecule has 0 saturated carbocycles. The van der Waals surface area contributed by atoms with E-state index in [9.17, 15) is 9.59 Å². The van der Waals surface area contributed by atoms with E-state index >= 15 is 0 Å². The van der Waals surface area contributed by atoms with Crippen molar-refractivity contribution in [2.75, 3.05) is 6.61 Å². The third kappa shape index (κ3) is 3.39. The molecule has 2 aromatic heterocycles. The van der Waals surface area contributed by atoms with Crippen molar-refractivity contribution < 1.29 is 23.1 Å². The van der Waals surface area contributed by atoms with E-state index in [1.54, 1.807) is 31.2 Å². The summed E-state index contributed by atoms with van der Waals surface area (Å²) in [5.74, 6) is -0.315. The van der Waals surface area contributed by atoms with Crippen LogP contribution < -0.4 is 10.2 Å². The van der Waals surface area contributed by atoms with Gasteiger partial charge < -0.3 is 18.3 Å². The fraction of sp³-hybridized carbons (Fsp3) is 0.222. The van der Waals surface area contributed by atoms with Crippen LogP contribution in [0.15, 0.2) is 50.2 Å². The third-order valence-electron chi connectivity index (χ3n) is 3.47. The molecule has 0 radical (unpaired) electrons. The zero-order valence-electron chi connectivity index (χ0n) is 13.6. The lowest BCUT2D eigenvalue weighted by Crippen LogP contribution is -2.28. The first-order chi connectivity index (χ1) is 12.0. The third-order valence-corrected chi connectivity index (χ3v) is 3.70. The Hall–Kier alpha value is -2.73. The van der Waals surface area contributed by atoms with Crippen LogP contribution >= 0.6 is 11.6 Å². The fourth-order valence-electron chi connectivity index (χ4n) is 2.31. The van der Waals surface area contributed by atoms with E-state index in [-0.39, 0.29) is 23.5 Å². The summed E-state index contributed by atoms with van der Waals surface area (Å²) in [5.41, 5.74) is -0.122. The van der Waals surface area contributed by atoms with Gasteiger partial charge in [-0.25, -0.2) is 4.79 Å². The van der Waals surface area contributed by atoms with Gasteiger partial charge in [0, 0.05) is 5.02 Å². The molecule has 0 aliphatic heterocycles. The largest absolute Gasteiger partial charge is 0.471 e. The van der Waals surface area contributed by atoms with Crippen LogP contribution in [0.3, 0.4) is 0 Å². The summed E-state index contributed by atoms with van der Waals surface area (Å²) in [6, 6.07) is 7.96. The van der Waals surface area contributed by atoms with Gasteiger partial charge in [0.2, 0.25) is 16.9 Å². The summed E-state index contributed by atoms with van der Waals surface area (Å²) in [5, 5.41) is 0.629. The molecule has 7 heteroatoms. The first-order valence-corrected chi connectivity index (χ1v) is 8.02. The minimum absolute atomic E-state index is 0.0981. The molecular weight excluding hydrogens is 348 g/mol. The van der Waals surface area contributed by atoms with Crippen molar-refractivity contribution in [1.82, 2.24) is 0 Å². The van der Waals surface area contributed by atoms with Gasteiger partial charge in [0.05, 0.1) is 18.3 Å². The number of esters is 1. The molecule has 6 nitrogen and oxygen atoms in total. The monoisotopic (exact) mass is 362 g/mol. The van der Waals surface area contributed by atoms with Crippen LogP contribution in [0.5, 0.6) is 5.75 Å². The van der Waals surface area contributed by atoms with Crippen LogP contribution in [0.25, 0.3) is 22.5 Å². The topological polar surface area (TPSA) is 78.9 Å². The molecule has 0 aliphatic carbocycles. The number of hydrogen-bond acceptors (Lipinski definition) is 6. The zero-order valence-corrected chi connectivity index (χ0v) is 14.3. The van der Waals surface area contributed by atoms with Crippen molar-refractivity contribution in [3.05, 3.63) is 51.8 Å². The fourth-order valence-corrected chi connectivity index (χ4v) is 2.48. The molecule has 130 valence electrons. The van der Waals surface area contributed by atoms with Gasteiger partial charge in [-0.1, -0.05) is 11.6 Å². The molecular formula is C18H15ClO6. The quantitative estimate of drug-likeness (QED) is 0.637. The number of furan rings is 1. The van der Waals surface area contributed by atoms with Crippen molar-refractivity contribution in [1.29, 1.82) is 0 Å². The van der Waals surface area contributed by atoms with E-state index in [1.807, 2.05) is 0 Å². The number of benzene rings is 1. The highest BCUT2D eigenvalue weighted by Gasteiger charge is 2.24. The van der Waals surface area contributed by atoms with E-state index in [2.05, 4.69) is 0 Å². The van der Waals surface area contributed by atoms with Crippen LogP contribution in [0.2, 0.25) is 5.02 Å². The van der Waals surface area contributed by atoms with Crippen LogP contribution in [0.1, 0.15) is 13.8 Å². The van der Waals surface area contributed by atoms with Crippen LogP contribution in [-0.2, 0) is 9.53 Å². The van der Waals surface area contributed by atoms with E-state index in [0.29, 0.717) is 16.4 Å². The summed E-state index contributed by atoms with van der Waals surface area (Å²) in [4.78, 5) is 24.7. The second kappa shape index (κ2) is 7.03. The Labute approximate surface area is 147 Å². The van der Waals surface area contributed by atoms with Gasteiger partial charge in [-0.15, -0.1) is 0 Å². The van der Waals surface area contributed by atoms with E-state index in [0.717, 1.165) is 0 Å². The average molecular weight is 363 g/mol. The van der Waals surface area contributed by atoms with Gasteiger partial charge in [0.1, 0.15) is 5.58 Å². The van der Waals surface area contributed by atoms with Crippen molar-refractivity contribution in [2.45, 2.75) is 20.0 Å². The first-order valence-electron chi connectivity index (χ1n) is 7.64. The van der Waals surface area contributed by atoms with Gasteiger partial charge in [-0.3, -0.25) is 4.79 Å². The standard InChI is InChI=1S/C18H15ClO6/c1-3-22-18(21)10(2)24-17-15(20)12-9-11(19)6-7-13(12)25-16(17)14-5-4-8-23-14/h4-10H,3H2,1-2H3/t10-/m1/s1. The number of fused-ring (bicyclic) bond motifs is 1. The number of carbonyl (C=O) groups excluding carboxylic acids is 1. The van der Waals surface area contributed by atoms with Crippen molar-refractivity contribution in [2.24, 2.45) is 0 Å². The predicted molar refractivity (Wildman–Crippen MR) is 91.9 cm³/mol. The molecule has 0 saturated heterocycles. The van der Waals surface area contributed by atoms with Crippen molar-refractivity contribution >= 4 is 28.5 Å². The minimum Gasteiger partial charge on any atom is -0.471 e. The van der Waals surface area contributed by atoms with Crippen LogP contribution in [0.4, 0.5) is 0 Å². The van der Waals surface area contributed by atoms with Crippen molar-refractivity contribution in [3.8, 4) is 17.3 Å². The van der Waals surface area contributed by atoms with Gasteiger partial charge in [0.15, 0.2) is 11.9 Å². The highest BCUT2D eigenvalue weighted by molar-refractivity contribution is 6.31. The highest BCUT2D eigenvalue weighted by atomic mass is 35.5. The molecule has 0 bridgehead atoms. The molecule has 0 amide bonds. The lowest BCUT2D eigenvalue weighted by molar-refractivity contribution is -0.150. The molecule has 3 rings (SSSR count). The summed E-state index contributed by atoms with van der Waals surface area (Å²) in [6.45, 7) is 3.39. The number of hydrogen-bond donors (Lipinski definition) is 0. The number of ether oxygens (including phenoxy) is 2. The molecule has 0 spiro atoms. The molecule has 0 fully saturated rings. The van der Waals surface area contributed by atoms with Gasteiger partial charge >= 0.3 is 5.97 Å². The Morgan fingerprint density at radius 2 is 2.12 bits per heavy atom. The molecule has 0 N–H and O–H groups in total. The number of halogens is 1. The van der Waals surface area contributed by atoms with E-state index in [4.69, 9.17) is 29.9 Å².